The summed E-state index contributed by atoms with van der Waals surface area (Å²) in [6, 6.07) is 0. The molecule has 0 aromatic rings. The van der Waals surface area contributed by atoms with Gasteiger partial charge < -0.3 is 9.84 Å². The molecule has 0 heterocycles. The van der Waals surface area contributed by atoms with Crippen molar-refractivity contribution in [2.24, 2.45) is 0 Å². The summed E-state index contributed by atoms with van der Waals surface area (Å²) in [5.41, 5.74) is -0.828. The molecule has 0 aromatic carbocycles. The monoisotopic (exact) mass is 218 g/mol. The number of Topliss-reactive ketones (excluding diaryl/α,β-unsaturated/α-hetero) is 1. The van der Waals surface area contributed by atoms with Gasteiger partial charge in [-0.1, -0.05) is 13.8 Å². The van der Waals surface area contributed by atoms with Crippen LogP contribution in [0.25, 0.3) is 0 Å². The van der Waals surface area contributed by atoms with Gasteiger partial charge in [-0.3, -0.25) is 4.79 Å². The first kappa shape index (κ1) is 17.0. The third kappa shape index (κ3) is 24.7. The van der Waals surface area contributed by atoms with Crippen LogP contribution in [0.2, 0.25) is 0 Å². The van der Waals surface area contributed by atoms with E-state index in [9.17, 15) is 4.79 Å². The zero-order valence-corrected chi connectivity index (χ0v) is 10.8. The van der Waals surface area contributed by atoms with Gasteiger partial charge in [0.25, 0.3) is 0 Å². The molecule has 0 aromatic heterocycles. The molecule has 0 aliphatic heterocycles. The van der Waals surface area contributed by atoms with Crippen LogP contribution in [0.4, 0.5) is 0 Å². The Labute approximate surface area is 93.8 Å². The zero-order valence-electron chi connectivity index (χ0n) is 10.8. The maximum atomic E-state index is 10.3. The topological polar surface area (TPSA) is 46.5 Å². The highest BCUT2D eigenvalue weighted by molar-refractivity contribution is 5.76. The minimum atomic E-state index is -0.828. The van der Waals surface area contributed by atoms with Crippen molar-refractivity contribution in [1.82, 2.24) is 0 Å². The van der Waals surface area contributed by atoms with E-state index in [4.69, 9.17) is 9.84 Å². The van der Waals surface area contributed by atoms with Gasteiger partial charge in [-0.15, -0.1) is 0 Å². The number of ketones is 1. The van der Waals surface area contributed by atoms with Crippen molar-refractivity contribution in [2.45, 2.75) is 59.5 Å². The predicted molar refractivity (Wildman–Crippen MR) is 63.0 cm³/mol. The SMILES string of the molecule is CC(=O)CC(C)(C)O.CCCOCCC. The largest absolute Gasteiger partial charge is 0.390 e. The molecule has 0 amide bonds. The number of aliphatic hydroxyl groups is 1. The molecular formula is C12H26O3. The lowest BCUT2D eigenvalue weighted by Crippen LogP contribution is -2.21. The van der Waals surface area contributed by atoms with Crippen LogP contribution in [0.1, 0.15) is 53.9 Å². The molecule has 0 bridgehead atoms. The van der Waals surface area contributed by atoms with Gasteiger partial charge in [-0.05, 0) is 33.6 Å². The van der Waals surface area contributed by atoms with E-state index in [-0.39, 0.29) is 12.2 Å². The van der Waals surface area contributed by atoms with Gasteiger partial charge in [-0.2, -0.15) is 0 Å². The Morgan fingerprint density at radius 3 is 1.73 bits per heavy atom. The smallest absolute Gasteiger partial charge is 0.132 e. The first-order valence-electron chi connectivity index (χ1n) is 5.63. The van der Waals surface area contributed by atoms with Gasteiger partial charge in [0.15, 0.2) is 0 Å². The van der Waals surface area contributed by atoms with Crippen LogP contribution in [-0.4, -0.2) is 29.7 Å². The van der Waals surface area contributed by atoms with Crippen LogP contribution < -0.4 is 0 Å². The second-order valence-corrected chi connectivity index (χ2v) is 4.30. The average molecular weight is 218 g/mol. The summed E-state index contributed by atoms with van der Waals surface area (Å²) < 4.78 is 5.13. The average Bonchev–Trinajstić information content (AvgIpc) is 2.01. The summed E-state index contributed by atoms with van der Waals surface area (Å²) in [6.45, 7) is 10.8. The molecule has 0 saturated heterocycles. The molecule has 15 heavy (non-hydrogen) atoms. The fourth-order valence-corrected chi connectivity index (χ4v) is 1.000. The molecule has 0 saturated carbocycles. The fraction of sp³-hybridized carbons (Fsp3) is 0.917. The highest BCUT2D eigenvalue weighted by atomic mass is 16.5. The fourth-order valence-electron chi connectivity index (χ4n) is 1.000. The van der Waals surface area contributed by atoms with Crippen LogP contribution in [0.5, 0.6) is 0 Å². The molecule has 1 N–H and O–H groups in total. The minimum absolute atomic E-state index is 0.0255. The highest BCUT2D eigenvalue weighted by Gasteiger charge is 2.13. The number of carbonyl (C=O) groups is 1. The summed E-state index contributed by atoms with van der Waals surface area (Å²) in [6.07, 6.45) is 2.52. The number of hydrogen-bond acceptors (Lipinski definition) is 3. The first-order valence-corrected chi connectivity index (χ1v) is 5.63. The lowest BCUT2D eigenvalue weighted by molar-refractivity contribution is -0.120. The van der Waals surface area contributed by atoms with E-state index in [0.29, 0.717) is 0 Å². The summed E-state index contributed by atoms with van der Waals surface area (Å²) in [4.78, 5) is 10.3. The van der Waals surface area contributed by atoms with Crippen molar-refractivity contribution in [2.75, 3.05) is 13.2 Å². The Morgan fingerprint density at radius 1 is 1.20 bits per heavy atom. The second kappa shape index (κ2) is 10.1. The maximum Gasteiger partial charge on any atom is 0.132 e. The lowest BCUT2D eigenvalue weighted by atomic mass is 10.0. The summed E-state index contributed by atoms with van der Waals surface area (Å²) >= 11 is 0. The van der Waals surface area contributed by atoms with Crippen molar-refractivity contribution in [3.8, 4) is 0 Å². The van der Waals surface area contributed by atoms with Gasteiger partial charge >= 0.3 is 0 Å². The Morgan fingerprint density at radius 2 is 1.60 bits per heavy atom. The van der Waals surface area contributed by atoms with Crippen molar-refractivity contribution < 1.29 is 14.6 Å². The maximum absolute atomic E-state index is 10.3. The molecule has 92 valence electrons. The molecular weight excluding hydrogens is 192 g/mol. The normalized spacial score (nSPS) is 10.5. The quantitative estimate of drug-likeness (QED) is 0.697. The number of hydrogen-bond donors (Lipinski definition) is 1. The third-order valence-corrected chi connectivity index (χ3v) is 1.38. The summed E-state index contributed by atoms with van der Waals surface area (Å²) in [5.74, 6) is 0.0255. The molecule has 0 spiro atoms. The van der Waals surface area contributed by atoms with E-state index in [1.807, 2.05) is 0 Å². The standard InChI is InChI=1S/C6H12O2.C6H14O/c1-5(7)4-6(2,3)8;1-3-5-7-6-4-2/h8H,4H2,1-3H3;3-6H2,1-2H3. The Balaban J connectivity index is 0. The Hall–Kier alpha value is -0.410. The molecule has 3 heteroatoms. The van der Waals surface area contributed by atoms with Gasteiger partial charge in [-0.25, -0.2) is 0 Å². The molecule has 0 aliphatic rings. The van der Waals surface area contributed by atoms with Crippen LogP contribution in [-0.2, 0) is 9.53 Å². The number of rotatable bonds is 6. The van der Waals surface area contributed by atoms with E-state index < -0.39 is 5.60 Å². The molecule has 0 aliphatic carbocycles. The van der Waals surface area contributed by atoms with E-state index in [2.05, 4.69) is 13.8 Å². The summed E-state index contributed by atoms with van der Waals surface area (Å²) in [5, 5.41) is 8.97. The molecule has 0 unspecified atom stereocenters. The molecule has 3 nitrogen and oxygen atoms in total. The van der Waals surface area contributed by atoms with Crippen molar-refractivity contribution in [3.63, 3.8) is 0 Å². The molecule has 0 rings (SSSR count). The van der Waals surface area contributed by atoms with Gasteiger partial charge in [0.05, 0.1) is 5.60 Å². The van der Waals surface area contributed by atoms with E-state index >= 15 is 0 Å². The van der Waals surface area contributed by atoms with Crippen LogP contribution in [0, 0.1) is 0 Å². The van der Waals surface area contributed by atoms with Gasteiger partial charge in [0, 0.05) is 19.6 Å². The number of carbonyl (C=O) groups excluding carboxylic acids is 1. The van der Waals surface area contributed by atoms with Crippen LogP contribution >= 0.6 is 0 Å². The zero-order chi connectivity index (χ0) is 12.3. The van der Waals surface area contributed by atoms with Gasteiger partial charge in [0.2, 0.25) is 0 Å². The minimum Gasteiger partial charge on any atom is -0.390 e. The van der Waals surface area contributed by atoms with Crippen molar-refractivity contribution in [3.05, 3.63) is 0 Å². The second-order valence-electron chi connectivity index (χ2n) is 4.30. The predicted octanol–water partition coefficient (Wildman–Crippen LogP) is 2.56. The number of ether oxygens (including phenoxy) is 1. The Bertz CT molecular complexity index is 143. The van der Waals surface area contributed by atoms with Crippen molar-refractivity contribution in [1.29, 1.82) is 0 Å². The molecule has 0 fully saturated rings. The van der Waals surface area contributed by atoms with Crippen LogP contribution in [0.3, 0.4) is 0 Å². The lowest BCUT2D eigenvalue weighted by Gasteiger charge is -2.13. The van der Waals surface area contributed by atoms with E-state index in [1.54, 1.807) is 13.8 Å². The third-order valence-electron chi connectivity index (χ3n) is 1.38. The Kier molecular flexibility index (Phi) is 11.5. The first-order chi connectivity index (χ1) is 6.83. The molecule has 0 atom stereocenters. The van der Waals surface area contributed by atoms with Crippen LogP contribution in [0.15, 0.2) is 0 Å². The summed E-state index contributed by atoms with van der Waals surface area (Å²) in [7, 11) is 0. The van der Waals surface area contributed by atoms with E-state index in [1.165, 1.54) is 6.92 Å². The molecule has 0 radical (unpaired) electrons. The van der Waals surface area contributed by atoms with E-state index in [0.717, 1.165) is 26.1 Å². The van der Waals surface area contributed by atoms with Gasteiger partial charge in [0.1, 0.15) is 5.78 Å². The highest BCUT2D eigenvalue weighted by Crippen LogP contribution is 2.06. The van der Waals surface area contributed by atoms with Crippen molar-refractivity contribution >= 4 is 5.78 Å².